The van der Waals surface area contributed by atoms with Gasteiger partial charge in [0.1, 0.15) is 0 Å². The minimum Gasteiger partial charge on any atom is -0.394 e. The molecule has 1 aliphatic rings. The van der Waals surface area contributed by atoms with Gasteiger partial charge in [-0.05, 0) is 13.8 Å². The molecule has 0 spiro atoms. The molecule has 1 radical (unpaired) electrons. The van der Waals surface area contributed by atoms with E-state index >= 15 is 0 Å². The van der Waals surface area contributed by atoms with Crippen LogP contribution in [0.4, 0.5) is 0 Å². The fourth-order valence-corrected chi connectivity index (χ4v) is 1.02. The van der Waals surface area contributed by atoms with Crippen LogP contribution in [-0.2, 0) is 26.2 Å². The number of allylic oxidation sites excluding steroid dienone is 4. The standard InChI is InChI=1S/2C6H5.C5H5.C3H8O.Zr/c2*1-2-4-6-5-3-1;1-2-4-5-3-1;1-3(2)4;/h2*1-5H;1-3H,4H2;3-4H,1-2H3;/q3*-1;;+3. The molecule has 0 saturated heterocycles. The fraction of sp³-hybridized carbons (Fsp3) is 0.200. The maximum Gasteiger partial charge on any atom is 3.00 e. The zero-order valence-electron chi connectivity index (χ0n) is 13.2. The van der Waals surface area contributed by atoms with Crippen LogP contribution < -0.4 is 0 Å². The molecule has 113 valence electrons. The molecule has 1 N–H and O–H groups in total. The van der Waals surface area contributed by atoms with E-state index in [-0.39, 0.29) is 32.3 Å². The van der Waals surface area contributed by atoms with Gasteiger partial charge in [0.2, 0.25) is 0 Å². The molecule has 0 atom stereocenters. The second-order valence-corrected chi connectivity index (χ2v) is 4.25. The Bertz CT molecular complexity index is 352. The number of aliphatic hydroxyl groups is 1. The molecule has 0 bridgehead atoms. The smallest absolute Gasteiger partial charge is 0.394 e. The van der Waals surface area contributed by atoms with Gasteiger partial charge in [0.15, 0.2) is 0 Å². The topological polar surface area (TPSA) is 20.2 Å². The van der Waals surface area contributed by atoms with Crippen LogP contribution >= 0.6 is 0 Å². The molecule has 0 unspecified atom stereocenters. The molecule has 0 amide bonds. The minimum atomic E-state index is -0.167. The molecule has 0 heterocycles. The quantitative estimate of drug-likeness (QED) is 0.669. The molecule has 3 rings (SSSR count). The third-order valence-corrected chi connectivity index (χ3v) is 1.80. The Kier molecular flexibility index (Phi) is 20.7. The Labute approximate surface area is 154 Å². The van der Waals surface area contributed by atoms with Gasteiger partial charge in [0.05, 0.1) is 0 Å². The molecule has 2 heteroatoms. The van der Waals surface area contributed by atoms with E-state index in [0.29, 0.717) is 0 Å². The average Bonchev–Trinajstić information content (AvgIpc) is 3.10. The van der Waals surface area contributed by atoms with Gasteiger partial charge in [0.25, 0.3) is 0 Å². The van der Waals surface area contributed by atoms with Crippen molar-refractivity contribution in [2.75, 3.05) is 0 Å². The van der Waals surface area contributed by atoms with Gasteiger partial charge in [-0.2, -0.15) is 78.9 Å². The van der Waals surface area contributed by atoms with Crippen molar-refractivity contribution >= 4 is 0 Å². The van der Waals surface area contributed by atoms with E-state index in [9.17, 15) is 0 Å². The van der Waals surface area contributed by atoms with Crippen LogP contribution in [0, 0.1) is 18.2 Å². The number of hydrogen-bond acceptors (Lipinski definition) is 1. The molecule has 1 aliphatic carbocycles. The van der Waals surface area contributed by atoms with Crippen LogP contribution in [0.2, 0.25) is 0 Å². The number of benzene rings is 2. The Morgan fingerprint density at radius 1 is 0.818 bits per heavy atom. The van der Waals surface area contributed by atoms with Gasteiger partial charge in [0, 0.05) is 6.10 Å². The Morgan fingerprint density at radius 2 is 1.23 bits per heavy atom. The van der Waals surface area contributed by atoms with E-state index in [1.54, 1.807) is 13.8 Å². The van der Waals surface area contributed by atoms with Crippen molar-refractivity contribution in [3.8, 4) is 0 Å². The molecule has 22 heavy (non-hydrogen) atoms. The Hall–Kier alpha value is -1.24. The first kappa shape index (κ1) is 23.0. The van der Waals surface area contributed by atoms with Gasteiger partial charge in [-0.3, -0.25) is 6.08 Å². The van der Waals surface area contributed by atoms with Crippen molar-refractivity contribution in [2.45, 2.75) is 26.4 Å². The molecular weight excluding hydrogens is 347 g/mol. The SMILES string of the molecule is CC(C)O.[C-]1=CC=CC1.[Zr+3].[c-]1ccccc1.[c-]1ccccc1. The molecule has 0 aliphatic heterocycles. The summed E-state index contributed by atoms with van der Waals surface area (Å²) >= 11 is 0. The molecule has 1 nitrogen and oxygen atoms in total. The van der Waals surface area contributed by atoms with Crippen LogP contribution in [0.3, 0.4) is 0 Å². The number of hydrogen-bond donors (Lipinski definition) is 1. The van der Waals surface area contributed by atoms with Crippen molar-refractivity contribution in [1.29, 1.82) is 0 Å². The van der Waals surface area contributed by atoms with Crippen LogP contribution in [0.25, 0.3) is 0 Å². The van der Waals surface area contributed by atoms with Crippen molar-refractivity contribution in [1.82, 2.24) is 0 Å². The van der Waals surface area contributed by atoms with E-state index < -0.39 is 0 Å². The molecular formula is C20H23OZr. The van der Waals surface area contributed by atoms with Crippen molar-refractivity contribution in [2.24, 2.45) is 0 Å². The normalized spacial score (nSPS) is 10.0. The molecule has 2 aromatic carbocycles. The summed E-state index contributed by atoms with van der Waals surface area (Å²) < 4.78 is 0. The van der Waals surface area contributed by atoms with Crippen LogP contribution in [-0.4, -0.2) is 11.2 Å². The second-order valence-electron chi connectivity index (χ2n) is 4.25. The van der Waals surface area contributed by atoms with Gasteiger partial charge in [-0.1, -0.05) is 0 Å². The van der Waals surface area contributed by atoms with Crippen LogP contribution in [0.1, 0.15) is 20.3 Å². The van der Waals surface area contributed by atoms with Gasteiger partial charge < -0.3 is 5.11 Å². The van der Waals surface area contributed by atoms with Gasteiger partial charge in [-0.25, -0.2) is 12.2 Å². The summed E-state index contributed by atoms with van der Waals surface area (Å²) in [7, 11) is 0. The summed E-state index contributed by atoms with van der Waals surface area (Å²) in [6, 6.07) is 25.0. The molecule has 0 aromatic heterocycles. The predicted molar refractivity (Wildman–Crippen MR) is 89.5 cm³/mol. The first-order chi connectivity index (χ1) is 10.2. The maximum absolute atomic E-state index is 8.06. The van der Waals surface area contributed by atoms with Gasteiger partial charge in [-0.15, -0.1) is 6.42 Å². The first-order valence-electron chi connectivity index (χ1n) is 6.95. The molecule has 2 aromatic rings. The van der Waals surface area contributed by atoms with Gasteiger partial charge >= 0.3 is 26.2 Å². The summed E-state index contributed by atoms with van der Waals surface area (Å²) in [6.07, 6.45) is 9.83. The molecule has 0 saturated carbocycles. The van der Waals surface area contributed by atoms with E-state index in [0.717, 1.165) is 6.42 Å². The predicted octanol–water partition coefficient (Wildman–Crippen LogP) is 4.66. The largest absolute Gasteiger partial charge is 3.00 e. The fourth-order valence-electron chi connectivity index (χ4n) is 1.02. The van der Waals surface area contributed by atoms with E-state index in [1.807, 2.05) is 72.8 Å². The van der Waals surface area contributed by atoms with E-state index in [2.05, 4.69) is 24.3 Å². The van der Waals surface area contributed by atoms with Crippen LogP contribution in [0.15, 0.2) is 78.9 Å². The Morgan fingerprint density at radius 3 is 1.32 bits per heavy atom. The summed E-state index contributed by atoms with van der Waals surface area (Å²) in [5, 5.41) is 8.06. The second kappa shape index (κ2) is 19.8. The van der Waals surface area contributed by atoms with Crippen LogP contribution in [0.5, 0.6) is 0 Å². The molecule has 0 fully saturated rings. The summed E-state index contributed by atoms with van der Waals surface area (Å²) in [5.41, 5.74) is 0. The number of rotatable bonds is 0. The van der Waals surface area contributed by atoms with Crippen molar-refractivity contribution in [3.05, 3.63) is 97.1 Å². The average molecular weight is 371 g/mol. The summed E-state index contributed by atoms with van der Waals surface area (Å²) in [5.74, 6) is 0. The first-order valence-corrected chi connectivity index (χ1v) is 6.95. The monoisotopic (exact) mass is 369 g/mol. The van der Waals surface area contributed by atoms with E-state index in [1.165, 1.54) is 0 Å². The van der Waals surface area contributed by atoms with Crippen molar-refractivity contribution < 1.29 is 31.3 Å². The zero-order chi connectivity index (χ0) is 15.6. The summed E-state index contributed by atoms with van der Waals surface area (Å²) in [4.78, 5) is 0. The van der Waals surface area contributed by atoms with Crippen molar-refractivity contribution in [3.63, 3.8) is 0 Å². The number of aliphatic hydroxyl groups excluding tert-OH is 1. The third kappa shape index (κ3) is 23.8. The Balaban J connectivity index is 0. The van der Waals surface area contributed by atoms with E-state index in [4.69, 9.17) is 5.11 Å². The third-order valence-electron chi connectivity index (χ3n) is 1.80. The maximum atomic E-state index is 8.06. The minimum absolute atomic E-state index is 0. The zero-order valence-corrected chi connectivity index (χ0v) is 15.7. The summed E-state index contributed by atoms with van der Waals surface area (Å²) in [6.45, 7) is 3.44.